The van der Waals surface area contributed by atoms with Gasteiger partial charge in [0.15, 0.2) is 5.78 Å². The largest absolute Gasteiger partial charge is 0.349 e. The SMILES string of the molecule is CC(=O)c1ccn(Cc2cc(F)cc(F)c2)c1. The molecule has 0 saturated carbocycles. The first-order chi connectivity index (χ1) is 8.04. The normalized spacial score (nSPS) is 10.5. The number of aromatic nitrogens is 1. The van der Waals surface area contributed by atoms with Gasteiger partial charge in [-0.05, 0) is 30.7 Å². The Hall–Kier alpha value is -1.97. The summed E-state index contributed by atoms with van der Waals surface area (Å²) in [5.74, 6) is -1.23. The van der Waals surface area contributed by atoms with E-state index >= 15 is 0 Å². The molecule has 0 atom stereocenters. The number of halogens is 2. The molecule has 0 aliphatic carbocycles. The van der Waals surface area contributed by atoms with Gasteiger partial charge in [-0.3, -0.25) is 4.79 Å². The van der Waals surface area contributed by atoms with Crippen LogP contribution in [-0.2, 0) is 6.54 Å². The van der Waals surface area contributed by atoms with Crippen molar-refractivity contribution < 1.29 is 13.6 Å². The molecular formula is C13H11F2NO. The fourth-order valence-electron chi connectivity index (χ4n) is 1.66. The number of nitrogens with zero attached hydrogens (tertiary/aromatic N) is 1. The highest BCUT2D eigenvalue weighted by atomic mass is 19.1. The topological polar surface area (TPSA) is 22.0 Å². The first-order valence-corrected chi connectivity index (χ1v) is 5.16. The van der Waals surface area contributed by atoms with E-state index in [1.807, 2.05) is 0 Å². The maximum atomic E-state index is 13.0. The Morgan fingerprint density at radius 3 is 2.41 bits per heavy atom. The zero-order valence-corrected chi connectivity index (χ0v) is 9.28. The van der Waals surface area contributed by atoms with Crippen LogP contribution in [0.15, 0.2) is 36.7 Å². The summed E-state index contributed by atoms with van der Waals surface area (Å²) in [4.78, 5) is 11.1. The van der Waals surface area contributed by atoms with Gasteiger partial charge in [0.25, 0.3) is 0 Å². The van der Waals surface area contributed by atoms with Gasteiger partial charge in [0.2, 0.25) is 0 Å². The second-order valence-electron chi connectivity index (χ2n) is 3.91. The first-order valence-electron chi connectivity index (χ1n) is 5.16. The van der Waals surface area contributed by atoms with Crippen LogP contribution in [0.1, 0.15) is 22.8 Å². The Bertz CT molecular complexity index is 540. The minimum absolute atomic E-state index is 0.0332. The number of carbonyl (C=O) groups is 1. The predicted octanol–water partition coefficient (Wildman–Crippen LogP) is 3.02. The fraction of sp³-hybridized carbons (Fsp3) is 0.154. The lowest BCUT2D eigenvalue weighted by atomic mass is 10.2. The summed E-state index contributed by atoms with van der Waals surface area (Å²) in [5, 5.41) is 0. The van der Waals surface area contributed by atoms with E-state index in [0.717, 1.165) is 6.07 Å². The van der Waals surface area contributed by atoms with Gasteiger partial charge in [0.05, 0.1) is 0 Å². The highest BCUT2D eigenvalue weighted by molar-refractivity contribution is 5.93. The van der Waals surface area contributed by atoms with Crippen molar-refractivity contribution >= 4 is 5.78 Å². The molecule has 1 heterocycles. The van der Waals surface area contributed by atoms with Gasteiger partial charge in [0, 0.05) is 30.6 Å². The highest BCUT2D eigenvalue weighted by Gasteiger charge is 2.04. The molecule has 1 aromatic carbocycles. The Morgan fingerprint density at radius 1 is 1.24 bits per heavy atom. The molecule has 0 unspecified atom stereocenters. The summed E-state index contributed by atoms with van der Waals surface area (Å²) in [6.07, 6.45) is 3.37. The monoisotopic (exact) mass is 235 g/mol. The van der Waals surface area contributed by atoms with Crippen molar-refractivity contribution in [3.05, 3.63) is 59.4 Å². The number of benzene rings is 1. The van der Waals surface area contributed by atoms with Crippen molar-refractivity contribution in [2.45, 2.75) is 13.5 Å². The highest BCUT2D eigenvalue weighted by Crippen LogP contribution is 2.11. The lowest BCUT2D eigenvalue weighted by molar-refractivity contribution is 0.101. The van der Waals surface area contributed by atoms with Crippen LogP contribution in [0.4, 0.5) is 8.78 Å². The van der Waals surface area contributed by atoms with E-state index in [9.17, 15) is 13.6 Å². The van der Waals surface area contributed by atoms with Crippen LogP contribution in [0.3, 0.4) is 0 Å². The number of ketones is 1. The summed E-state index contributed by atoms with van der Waals surface area (Å²) in [5.41, 5.74) is 1.11. The van der Waals surface area contributed by atoms with Crippen LogP contribution >= 0.6 is 0 Å². The quantitative estimate of drug-likeness (QED) is 0.749. The van der Waals surface area contributed by atoms with Gasteiger partial charge < -0.3 is 4.57 Å². The summed E-state index contributed by atoms with van der Waals surface area (Å²) >= 11 is 0. The van der Waals surface area contributed by atoms with Crippen LogP contribution in [0.25, 0.3) is 0 Å². The number of carbonyl (C=O) groups excluding carboxylic acids is 1. The molecule has 0 radical (unpaired) electrons. The first kappa shape index (κ1) is 11.5. The van der Waals surface area contributed by atoms with E-state index < -0.39 is 11.6 Å². The van der Waals surface area contributed by atoms with E-state index in [-0.39, 0.29) is 5.78 Å². The van der Waals surface area contributed by atoms with Gasteiger partial charge in [-0.1, -0.05) is 0 Å². The van der Waals surface area contributed by atoms with Crippen molar-refractivity contribution in [1.82, 2.24) is 4.57 Å². The fourth-order valence-corrected chi connectivity index (χ4v) is 1.66. The molecule has 0 saturated heterocycles. The van der Waals surface area contributed by atoms with E-state index in [4.69, 9.17) is 0 Å². The smallest absolute Gasteiger partial charge is 0.161 e. The molecule has 4 heteroatoms. The van der Waals surface area contributed by atoms with Gasteiger partial charge in [-0.15, -0.1) is 0 Å². The van der Waals surface area contributed by atoms with Crippen LogP contribution in [-0.4, -0.2) is 10.4 Å². The van der Waals surface area contributed by atoms with E-state index in [0.29, 0.717) is 17.7 Å². The molecule has 0 fully saturated rings. The van der Waals surface area contributed by atoms with Crippen LogP contribution < -0.4 is 0 Å². The lowest BCUT2D eigenvalue weighted by Crippen LogP contribution is -1.98. The maximum Gasteiger partial charge on any atom is 0.161 e. The minimum Gasteiger partial charge on any atom is -0.349 e. The molecule has 0 amide bonds. The summed E-state index contributed by atoms with van der Waals surface area (Å²) in [7, 11) is 0. The van der Waals surface area contributed by atoms with Crippen LogP contribution in [0.2, 0.25) is 0 Å². The van der Waals surface area contributed by atoms with E-state index in [1.54, 1.807) is 23.0 Å². The molecule has 0 aliphatic heterocycles. The summed E-state index contributed by atoms with van der Waals surface area (Å²) in [6, 6.07) is 5.06. The molecule has 1 aromatic heterocycles. The third-order valence-corrected chi connectivity index (χ3v) is 2.44. The average Bonchev–Trinajstić information content (AvgIpc) is 2.64. The molecular weight excluding hydrogens is 224 g/mol. The zero-order valence-electron chi connectivity index (χ0n) is 9.28. The predicted molar refractivity (Wildman–Crippen MR) is 59.9 cm³/mol. The molecule has 88 valence electrons. The lowest BCUT2D eigenvalue weighted by Gasteiger charge is -2.03. The Kier molecular flexibility index (Phi) is 3.04. The van der Waals surface area contributed by atoms with Crippen molar-refractivity contribution in [2.75, 3.05) is 0 Å². The second-order valence-corrected chi connectivity index (χ2v) is 3.91. The number of rotatable bonds is 3. The van der Waals surface area contributed by atoms with Gasteiger partial charge in [-0.2, -0.15) is 0 Å². The Morgan fingerprint density at radius 2 is 1.88 bits per heavy atom. The second kappa shape index (κ2) is 4.49. The zero-order chi connectivity index (χ0) is 12.4. The Labute approximate surface area is 97.5 Å². The van der Waals surface area contributed by atoms with Gasteiger partial charge in [0.1, 0.15) is 11.6 Å². The third-order valence-electron chi connectivity index (χ3n) is 2.44. The van der Waals surface area contributed by atoms with Crippen LogP contribution in [0.5, 0.6) is 0 Å². The summed E-state index contributed by atoms with van der Waals surface area (Å²) in [6.45, 7) is 1.81. The van der Waals surface area contributed by atoms with E-state index in [1.165, 1.54) is 19.1 Å². The molecule has 2 nitrogen and oxygen atoms in total. The van der Waals surface area contributed by atoms with E-state index in [2.05, 4.69) is 0 Å². The van der Waals surface area contributed by atoms with Crippen molar-refractivity contribution in [3.8, 4) is 0 Å². The van der Waals surface area contributed by atoms with Crippen molar-refractivity contribution in [2.24, 2.45) is 0 Å². The maximum absolute atomic E-state index is 13.0. The standard InChI is InChI=1S/C13H11F2NO/c1-9(17)11-2-3-16(8-11)7-10-4-12(14)6-13(15)5-10/h2-6,8H,7H2,1H3. The molecule has 0 spiro atoms. The molecule has 0 N–H and O–H groups in total. The van der Waals surface area contributed by atoms with Gasteiger partial charge >= 0.3 is 0 Å². The molecule has 2 rings (SSSR count). The number of hydrogen-bond acceptors (Lipinski definition) is 1. The minimum atomic E-state index is -0.598. The number of Topliss-reactive ketones (excluding diaryl/α,β-unsaturated/α-hetero) is 1. The van der Waals surface area contributed by atoms with Gasteiger partial charge in [-0.25, -0.2) is 8.78 Å². The summed E-state index contributed by atoms with van der Waals surface area (Å²) < 4.78 is 27.6. The van der Waals surface area contributed by atoms with Crippen molar-refractivity contribution in [1.29, 1.82) is 0 Å². The van der Waals surface area contributed by atoms with Crippen LogP contribution in [0, 0.1) is 11.6 Å². The van der Waals surface area contributed by atoms with Crippen molar-refractivity contribution in [3.63, 3.8) is 0 Å². The average molecular weight is 235 g/mol. The Balaban J connectivity index is 2.22. The molecule has 2 aromatic rings. The molecule has 0 aliphatic rings. The third kappa shape index (κ3) is 2.78. The molecule has 17 heavy (non-hydrogen) atoms. The number of hydrogen-bond donors (Lipinski definition) is 0. The molecule has 0 bridgehead atoms.